The molecule has 0 unspecified atom stereocenters. The van der Waals surface area contributed by atoms with Gasteiger partial charge in [-0.1, -0.05) is 36.4 Å². The van der Waals surface area contributed by atoms with Crippen molar-refractivity contribution in [2.24, 2.45) is 0 Å². The number of ketones is 1. The van der Waals surface area contributed by atoms with Crippen LogP contribution in [0.2, 0.25) is 0 Å². The molecule has 0 radical (unpaired) electrons. The van der Waals surface area contributed by atoms with Crippen LogP contribution < -0.4 is 29.6 Å². The van der Waals surface area contributed by atoms with Gasteiger partial charge in [0.15, 0.2) is 0 Å². The first-order valence-corrected chi connectivity index (χ1v) is 17.2. The summed E-state index contributed by atoms with van der Waals surface area (Å²) in [6, 6.07) is 20.2. The number of methoxy groups -OCH3 is 2. The number of unbranched alkanes of at least 4 members (excludes halogenated alkanes) is 1. The van der Waals surface area contributed by atoms with E-state index in [4.69, 9.17) is 18.9 Å². The van der Waals surface area contributed by atoms with Crippen molar-refractivity contribution in [3.63, 3.8) is 0 Å². The van der Waals surface area contributed by atoms with E-state index in [1.165, 1.54) is 6.92 Å². The number of hydrogen-bond acceptors (Lipinski definition) is 9. The fourth-order valence-electron chi connectivity index (χ4n) is 5.70. The monoisotopic (exact) mass is 682 g/mol. The minimum Gasteiger partial charge on any atom is -0.481 e. The number of aromatic nitrogens is 2. The van der Waals surface area contributed by atoms with Crippen molar-refractivity contribution >= 4 is 11.7 Å². The number of hydrogen-bond donors (Lipinski definition) is 2. The first kappa shape index (κ1) is 37.9. The summed E-state index contributed by atoms with van der Waals surface area (Å²) in [5, 5.41) is 6.17. The molecule has 2 N–H and O–H groups in total. The molecule has 0 saturated heterocycles. The van der Waals surface area contributed by atoms with Crippen LogP contribution in [0.15, 0.2) is 60.7 Å². The molecule has 0 aliphatic carbocycles. The lowest BCUT2D eigenvalue weighted by atomic mass is 9.92. The number of ether oxygens (including phenoxy) is 4. The topological polar surface area (TPSA) is 121 Å². The third kappa shape index (κ3) is 11.0. The van der Waals surface area contributed by atoms with Crippen LogP contribution in [0.1, 0.15) is 72.9 Å². The highest BCUT2D eigenvalue weighted by Crippen LogP contribution is 2.32. The van der Waals surface area contributed by atoms with Gasteiger partial charge in [-0.25, -0.2) is 0 Å². The molecular weight excluding hydrogens is 632 g/mol. The highest BCUT2D eigenvalue weighted by atomic mass is 16.5. The second-order valence-electron chi connectivity index (χ2n) is 12.3. The molecule has 2 heterocycles. The molecule has 0 fully saturated rings. The molecule has 266 valence electrons. The lowest BCUT2D eigenvalue weighted by Gasteiger charge is -2.17. The highest BCUT2D eigenvalue weighted by molar-refractivity contribution is 5.75. The Kier molecular flexibility index (Phi) is 14.6. The van der Waals surface area contributed by atoms with Gasteiger partial charge in [0, 0.05) is 49.7 Å². The molecule has 0 atom stereocenters. The van der Waals surface area contributed by atoms with Crippen LogP contribution in [0.5, 0.6) is 23.5 Å². The third-order valence-corrected chi connectivity index (χ3v) is 8.59. The molecule has 0 saturated carbocycles. The number of nitrogens with one attached hydrogen (secondary N) is 2. The fourth-order valence-corrected chi connectivity index (χ4v) is 5.70. The van der Waals surface area contributed by atoms with Crippen LogP contribution in [0.4, 0.5) is 0 Å². The van der Waals surface area contributed by atoms with Crippen molar-refractivity contribution in [2.45, 2.75) is 79.6 Å². The second-order valence-corrected chi connectivity index (χ2v) is 12.3. The summed E-state index contributed by atoms with van der Waals surface area (Å²) in [7, 11) is 3.22. The zero-order valence-electron chi connectivity index (χ0n) is 30.2. The lowest BCUT2D eigenvalue weighted by Crippen LogP contribution is -2.20. The zero-order valence-corrected chi connectivity index (χ0v) is 30.2. The summed E-state index contributed by atoms with van der Waals surface area (Å²) in [6.45, 7) is 10.1. The van der Waals surface area contributed by atoms with Crippen molar-refractivity contribution in [2.75, 3.05) is 27.3 Å². The Bertz CT molecular complexity index is 1610. The number of amides is 1. The van der Waals surface area contributed by atoms with Gasteiger partial charge in [0.05, 0.1) is 14.2 Å². The highest BCUT2D eigenvalue weighted by Gasteiger charge is 2.14. The first-order chi connectivity index (χ1) is 24.2. The molecule has 2 aromatic heterocycles. The van der Waals surface area contributed by atoms with Crippen molar-refractivity contribution in [3.8, 4) is 34.6 Å². The van der Waals surface area contributed by atoms with E-state index in [0.29, 0.717) is 56.2 Å². The lowest BCUT2D eigenvalue weighted by molar-refractivity contribution is -0.119. The number of rotatable bonds is 20. The fraction of sp³-hybridized carbons (Fsp3) is 0.400. The molecule has 10 nitrogen and oxygen atoms in total. The quantitative estimate of drug-likeness (QED) is 0.0964. The van der Waals surface area contributed by atoms with E-state index in [1.54, 1.807) is 21.1 Å². The van der Waals surface area contributed by atoms with E-state index in [0.717, 1.165) is 76.7 Å². The van der Waals surface area contributed by atoms with Crippen LogP contribution in [0.3, 0.4) is 0 Å². The average Bonchev–Trinajstić information content (AvgIpc) is 3.11. The molecule has 0 aliphatic heterocycles. The Labute approximate surface area is 295 Å². The van der Waals surface area contributed by atoms with Crippen molar-refractivity contribution in [1.29, 1.82) is 0 Å². The molecular formula is C40H50N4O6. The van der Waals surface area contributed by atoms with Crippen LogP contribution >= 0.6 is 0 Å². The minimum absolute atomic E-state index is 0.0121. The summed E-state index contributed by atoms with van der Waals surface area (Å²) in [4.78, 5) is 31.4. The van der Waals surface area contributed by atoms with Gasteiger partial charge in [0.25, 0.3) is 0 Å². The number of pyridine rings is 2. The van der Waals surface area contributed by atoms with Crippen molar-refractivity contribution in [3.05, 3.63) is 94.0 Å². The van der Waals surface area contributed by atoms with Crippen molar-refractivity contribution < 1.29 is 28.5 Å². The Hall–Kier alpha value is -4.96. The molecule has 0 aliphatic rings. The van der Waals surface area contributed by atoms with Crippen LogP contribution in [-0.4, -0.2) is 49.0 Å². The average molecular weight is 683 g/mol. The number of carbonyl (C=O) groups excluding carboxylic acids is 2. The van der Waals surface area contributed by atoms with Gasteiger partial charge in [-0.3, -0.25) is 4.79 Å². The van der Waals surface area contributed by atoms with E-state index in [2.05, 4.69) is 70.8 Å². The Morgan fingerprint density at radius 3 is 1.76 bits per heavy atom. The van der Waals surface area contributed by atoms with E-state index < -0.39 is 0 Å². The van der Waals surface area contributed by atoms with Gasteiger partial charge < -0.3 is 34.4 Å². The minimum atomic E-state index is -0.0121. The maximum Gasteiger partial charge on any atom is 0.220 e. The van der Waals surface area contributed by atoms with Gasteiger partial charge in [-0.2, -0.15) is 9.97 Å². The maximum atomic E-state index is 11.2. The smallest absolute Gasteiger partial charge is 0.220 e. The van der Waals surface area contributed by atoms with Gasteiger partial charge in [-0.15, -0.1) is 0 Å². The number of Topliss-reactive ketones (excluding diaryl/α,β-unsaturated/α-hetero) is 1. The molecule has 1 amide bonds. The molecule has 50 heavy (non-hydrogen) atoms. The Morgan fingerprint density at radius 2 is 1.22 bits per heavy atom. The Balaban J connectivity index is 1.38. The van der Waals surface area contributed by atoms with Gasteiger partial charge in [-0.05, 0) is 98.5 Å². The number of benzene rings is 2. The molecule has 2 aromatic carbocycles. The summed E-state index contributed by atoms with van der Waals surface area (Å²) in [6.07, 6.45) is 3.98. The molecule has 10 heteroatoms. The number of nitrogens with zero attached hydrogens (tertiary/aromatic N) is 2. The molecule has 0 bridgehead atoms. The largest absolute Gasteiger partial charge is 0.481 e. The summed E-state index contributed by atoms with van der Waals surface area (Å²) in [5.41, 5.74) is 8.59. The number of carbonyl (C=O) groups is 2. The summed E-state index contributed by atoms with van der Waals surface area (Å²) >= 11 is 0. The van der Waals surface area contributed by atoms with Crippen LogP contribution in [0, 0.1) is 13.8 Å². The third-order valence-electron chi connectivity index (χ3n) is 8.59. The zero-order chi connectivity index (χ0) is 35.9. The summed E-state index contributed by atoms with van der Waals surface area (Å²) in [5.74, 6) is 2.25. The van der Waals surface area contributed by atoms with Gasteiger partial charge >= 0.3 is 0 Å². The molecule has 4 rings (SSSR count). The second kappa shape index (κ2) is 19.3. The van der Waals surface area contributed by atoms with Gasteiger partial charge in [0.2, 0.25) is 29.4 Å². The van der Waals surface area contributed by atoms with E-state index in [-0.39, 0.29) is 11.7 Å². The number of aryl methyl sites for hydroxylation is 1. The molecule has 4 aromatic rings. The van der Waals surface area contributed by atoms with E-state index in [9.17, 15) is 9.59 Å². The molecule has 0 spiro atoms. The predicted octanol–water partition coefficient (Wildman–Crippen LogP) is 6.85. The van der Waals surface area contributed by atoms with Gasteiger partial charge in [0.1, 0.15) is 19.0 Å². The summed E-state index contributed by atoms with van der Waals surface area (Å²) < 4.78 is 23.4. The first-order valence-electron chi connectivity index (χ1n) is 17.2. The standard InChI is InChI=1S/C40H50N4O6/c1-27(45)12-11-22-41-24-32-19-21-38(44-40(32)48-6)50-26-34-15-10-17-36(29(34)3)35-16-9-14-33(28(35)2)25-49-37-20-18-31(39(43-37)47-5)13-7-8-23-42-30(4)46/h9-10,14-21,41H,7-8,11-13,22-26H2,1-6H3,(H,42,46). The maximum absolute atomic E-state index is 11.2. The van der Waals surface area contributed by atoms with E-state index >= 15 is 0 Å². The van der Waals surface area contributed by atoms with Crippen LogP contribution in [-0.2, 0) is 35.8 Å². The van der Waals surface area contributed by atoms with Crippen molar-refractivity contribution in [1.82, 2.24) is 20.6 Å². The normalized spacial score (nSPS) is 10.8. The SMILES string of the molecule is COc1nc(OCc2cccc(-c3cccc(COc4ccc(CNCCCC(C)=O)c(OC)n4)c3C)c2C)ccc1CCCCNC(C)=O. The Morgan fingerprint density at radius 1 is 0.660 bits per heavy atom. The van der Waals surface area contributed by atoms with E-state index in [1.807, 2.05) is 24.3 Å². The van der Waals surface area contributed by atoms with Crippen LogP contribution in [0.25, 0.3) is 11.1 Å². The predicted molar refractivity (Wildman–Crippen MR) is 195 cm³/mol.